The number of hydrogen-bond acceptors (Lipinski definition) is 5. The van der Waals surface area contributed by atoms with E-state index in [2.05, 4.69) is 22.1 Å². The van der Waals surface area contributed by atoms with E-state index in [0.29, 0.717) is 11.8 Å². The maximum atomic E-state index is 5.18. The van der Waals surface area contributed by atoms with Crippen molar-refractivity contribution >= 4 is 11.3 Å². The molecule has 1 N–H and O–H groups in total. The molecule has 4 nitrogen and oxygen atoms in total. The number of aromatic nitrogens is 2. The van der Waals surface area contributed by atoms with Gasteiger partial charge >= 0.3 is 0 Å². The van der Waals surface area contributed by atoms with Crippen molar-refractivity contribution in [3.05, 3.63) is 17.7 Å². The molecule has 12 heavy (non-hydrogen) atoms. The lowest BCUT2D eigenvalue weighted by Crippen LogP contribution is -2.04. The van der Waals surface area contributed by atoms with Crippen molar-refractivity contribution in [1.29, 1.82) is 0 Å². The van der Waals surface area contributed by atoms with Crippen LogP contribution in [-0.4, -0.2) is 23.9 Å². The monoisotopic (exact) mass is 185 g/mol. The largest absolute Gasteiger partial charge is 0.465 e. The van der Waals surface area contributed by atoms with Crippen LogP contribution >= 0.6 is 11.3 Å². The Balaban J connectivity index is 2.46. The fourth-order valence-electron chi connectivity index (χ4n) is 0.649. The quantitative estimate of drug-likeness (QED) is 0.690. The zero-order valence-corrected chi connectivity index (χ0v) is 7.73. The van der Waals surface area contributed by atoms with Gasteiger partial charge in [-0.05, 0) is 7.05 Å². The van der Waals surface area contributed by atoms with E-state index in [1.54, 1.807) is 6.08 Å². The molecule has 66 valence electrons. The summed E-state index contributed by atoms with van der Waals surface area (Å²) in [4.78, 5) is 0. The van der Waals surface area contributed by atoms with Crippen LogP contribution in [0.4, 0.5) is 0 Å². The lowest BCUT2D eigenvalue weighted by Gasteiger charge is -1.93. The second kappa shape index (κ2) is 4.84. The number of hydrogen-bond donors (Lipinski definition) is 1. The van der Waals surface area contributed by atoms with Crippen LogP contribution < -0.4 is 10.1 Å². The molecule has 0 fully saturated rings. The fraction of sp³-hybridized carbons (Fsp3) is 0.429. The molecule has 0 amide bonds. The highest BCUT2D eigenvalue weighted by atomic mass is 32.1. The highest BCUT2D eigenvalue weighted by Crippen LogP contribution is 2.16. The molecule has 1 heterocycles. The molecule has 0 spiro atoms. The number of nitrogens with zero attached hydrogens (tertiary/aromatic N) is 2. The predicted molar refractivity (Wildman–Crippen MR) is 48.4 cm³/mol. The minimum atomic E-state index is 0.480. The van der Waals surface area contributed by atoms with Crippen LogP contribution in [0.5, 0.6) is 5.19 Å². The van der Waals surface area contributed by atoms with E-state index in [0.717, 1.165) is 11.6 Å². The highest BCUT2D eigenvalue weighted by molar-refractivity contribution is 7.13. The molecule has 0 saturated carbocycles. The number of rotatable bonds is 5. The first-order valence-electron chi connectivity index (χ1n) is 3.57. The minimum absolute atomic E-state index is 0.480. The summed E-state index contributed by atoms with van der Waals surface area (Å²) in [6, 6.07) is 0. The Bertz CT molecular complexity index is 249. The third-order valence-electron chi connectivity index (χ3n) is 1.10. The SMILES string of the molecule is C=CCOc1nnc(CNC)s1. The summed E-state index contributed by atoms with van der Waals surface area (Å²) >= 11 is 1.44. The molecule has 0 radical (unpaired) electrons. The maximum Gasteiger partial charge on any atom is 0.294 e. The molecule has 0 aromatic carbocycles. The molecule has 1 aromatic rings. The van der Waals surface area contributed by atoms with Crippen LogP contribution in [0, 0.1) is 0 Å². The Morgan fingerprint density at radius 2 is 2.50 bits per heavy atom. The van der Waals surface area contributed by atoms with E-state index in [-0.39, 0.29) is 0 Å². The zero-order chi connectivity index (χ0) is 8.81. The normalized spacial score (nSPS) is 9.75. The maximum absolute atomic E-state index is 5.18. The second-order valence-electron chi connectivity index (χ2n) is 2.09. The lowest BCUT2D eigenvalue weighted by molar-refractivity contribution is 0.357. The van der Waals surface area contributed by atoms with E-state index in [1.165, 1.54) is 11.3 Å². The third-order valence-corrected chi connectivity index (χ3v) is 1.94. The van der Waals surface area contributed by atoms with Crippen LogP contribution in [-0.2, 0) is 6.54 Å². The van der Waals surface area contributed by atoms with Crippen LogP contribution in [0.15, 0.2) is 12.7 Å². The number of ether oxygens (including phenoxy) is 1. The summed E-state index contributed by atoms with van der Waals surface area (Å²) in [7, 11) is 1.87. The van der Waals surface area contributed by atoms with Crippen molar-refractivity contribution in [1.82, 2.24) is 15.5 Å². The van der Waals surface area contributed by atoms with Crippen LogP contribution in [0.1, 0.15) is 5.01 Å². The molecule has 0 bridgehead atoms. The van der Waals surface area contributed by atoms with Crippen molar-refractivity contribution < 1.29 is 4.74 Å². The van der Waals surface area contributed by atoms with Gasteiger partial charge in [0.25, 0.3) is 5.19 Å². The van der Waals surface area contributed by atoms with Crippen LogP contribution in [0.25, 0.3) is 0 Å². The number of nitrogens with one attached hydrogen (secondary N) is 1. The standard InChI is InChI=1S/C7H11N3OS/c1-3-4-11-7-10-9-6(12-7)5-8-2/h3,8H,1,4-5H2,2H3. The summed E-state index contributed by atoms with van der Waals surface area (Å²) in [6.45, 7) is 4.75. The first-order valence-corrected chi connectivity index (χ1v) is 4.39. The van der Waals surface area contributed by atoms with E-state index < -0.39 is 0 Å². The molecule has 0 aliphatic carbocycles. The average Bonchev–Trinajstić information content (AvgIpc) is 2.50. The zero-order valence-electron chi connectivity index (χ0n) is 6.91. The first kappa shape index (κ1) is 9.15. The second-order valence-corrected chi connectivity index (χ2v) is 3.12. The van der Waals surface area contributed by atoms with Gasteiger partial charge in [0.2, 0.25) is 0 Å². The summed E-state index contributed by atoms with van der Waals surface area (Å²) in [5.41, 5.74) is 0. The first-order chi connectivity index (χ1) is 5.86. The van der Waals surface area contributed by atoms with Gasteiger partial charge in [-0.15, -0.1) is 5.10 Å². The van der Waals surface area contributed by atoms with E-state index >= 15 is 0 Å². The molecular weight excluding hydrogens is 174 g/mol. The van der Waals surface area contributed by atoms with Gasteiger partial charge in [-0.1, -0.05) is 29.1 Å². The summed E-state index contributed by atoms with van der Waals surface area (Å²) in [5.74, 6) is 0. The van der Waals surface area contributed by atoms with Gasteiger partial charge in [0.1, 0.15) is 11.6 Å². The van der Waals surface area contributed by atoms with Crippen molar-refractivity contribution in [2.45, 2.75) is 6.54 Å². The topological polar surface area (TPSA) is 47.0 Å². The van der Waals surface area contributed by atoms with Gasteiger partial charge < -0.3 is 10.1 Å². The minimum Gasteiger partial charge on any atom is -0.465 e. The highest BCUT2D eigenvalue weighted by Gasteiger charge is 2.02. The smallest absolute Gasteiger partial charge is 0.294 e. The Morgan fingerprint density at radius 1 is 1.67 bits per heavy atom. The van der Waals surface area contributed by atoms with Gasteiger partial charge in [0.15, 0.2) is 0 Å². The van der Waals surface area contributed by atoms with Crippen molar-refractivity contribution in [3.8, 4) is 5.19 Å². The molecule has 0 aliphatic heterocycles. The summed E-state index contributed by atoms with van der Waals surface area (Å²) in [5, 5.41) is 12.2. The van der Waals surface area contributed by atoms with Crippen molar-refractivity contribution in [2.24, 2.45) is 0 Å². The van der Waals surface area contributed by atoms with Gasteiger partial charge in [0, 0.05) is 6.54 Å². The Labute approximate surface area is 75.3 Å². The molecule has 0 atom stereocenters. The Hall–Kier alpha value is -0.940. The van der Waals surface area contributed by atoms with E-state index in [9.17, 15) is 0 Å². The van der Waals surface area contributed by atoms with Gasteiger partial charge in [-0.2, -0.15) is 0 Å². The van der Waals surface area contributed by atoms with Crippen molar-refractivity contribution in [2.75, 3.05) is 13.7 Å². The van der Waals surface area contributed by atoms with Gasteiger partial charge in [-0.3, -0.25) is 0 Å². The van der Waals surface area contributed by atoms with Gasteiger partial charge in [0.05, 0.1) is 0 Å². The van der Waals surface area contributed by atoms with Crippen LogP contribution in [0.2, 0.25) is 0 Å². The van der Waals surface area contributed by atoms with Crippen molar-refractivity contribution in [3.63, 3.8) is 0 Å². The predicted octanol–water partition coefficient (Wildman–Crippen LogP) is 0.822. The summed E-state index contributed by atoms with van der Waals surface area (Å²) < 4.78 is 5.18. The molecule has 0 aliphatic rings. The Kier molecular flexibility index (Phi) is 3.69. The third kappa shape index (κ3) is 2.60. The Morgan fingerprint density at radius 3 is 3.17 bits per heavy atom. The lowest BCUT2D eigenvalue weighted by atomic mass is 10.7. The molecule has 0 unspecified atom stereocenters. The van der Waals surface area contributed by atoms with Gasteiger partial charge in [-0.25, -0.2) is 0 Å². The molecule has 1 aromatic heterocycles. The fourth-order valence-corrected chi connectivity index (χ4v) is 1.36. The molecular formula is C7H11N3OS. The van der Waals surface area contributed by atoms with E-state index in [4.69, 9.17) is 4.74 Å². The molecule has 5 heteroatoms. The molecule has 1 rings (SSSR count). The van der Waals surface area contributed by atoms with E-state index in [1.807, 2.05) is 7.05 Å². The average molecular weight is 185 g/mol. The van der Waals surface area contributed by atoms with Crippen LogP contribution in [0.3, 0.4) is 0 Å². The molecule has 0 saturated heterocycles. The summed E-state index contributed by atoms with van der Waals surface area (Å²) in [6.07, 6.45) is 1.68.